The van der Waals surface area contributed by atoms with Crippen molar-refractivity contribution in [2.45, 2.75) is 39.0 Å². The molecule has 2 heterocycles. The molecule has 0 bridgehead atoms. The van der Waals surface area contributed by atoms with E-state index in [0.717, 1.165) is 14.5 Å². The summed E-state index contributed by atoms with van der Waals surface area (Å²) in [5, 5.41) is 14.5. The molecule has 0 radical (unpaired) electrons. The van der Waals surface area contributed by atoms with Gasteiger partial charge in [-0.1, -0.05) is 22.9 Å². The van der Waals surface area contributed by atoms with Gasteiger partial charge < -0.3 is 4.42 Å². The van der Waals surface area contributed by atoms with Crippen molar-refractivity contribution in [1.29, 1.82) is 0 Å². The summed E-state index contributed by atoms with van der Waals surface area (Å²) in [6.45, 7) is 3.20. The van der Waals surface area contributed by atoms with Gasteiger partial charge in [0.1, 0.15) is 5.01 Å². The Bertz CT molecular complexity index is 929. The molecule has 1 aliphatic rings. The first-order valence-corrected chi connectivity index (χ1v) is 9.56. The quantitative estimate of drug-likeness (QED) is 0.581. The molecule has 0 N–H and O–H groups in total. The Morgan fingerprint density at radius 1 is 1.32 bits per heavy atom. The number of rotatable bonds is 6. The number of halogens is 1. The minimum Gasteiger partial charge on any atom is -0.419 e. The van der Waals surface area contributed by atoms with Crippen molar-refractivity contribution >= 4 is 35.2 Å². The monoisotopic (exact) mass is 393 g/mol. The minimum absolute atomic E-state index is 0.503. The van der Waals surface area contributed by atoms with E-state index >= 15 is 0 Å². The highest BCUT2D eigenvalue weighted by Crippen LogP contribution is 2.29. The number of benzene rings is 1. The first-order chi connectivity index (χ1) is 12.1. The average Bonchev–Trinajstić information content (AvgIpc) is 3.25. The van der Waals surface area contributed by atoms with Crippen LogP contribution in [-0.2, 0) is 13.2 Å². The van der Waals surface area contributed by atoms with Crippen molar-refractivity contribution in [2.24, 2.45) is 0 Å². The Labute approximate surface area is 159 Å². The molecule has 2 aromatic heterocycles. The van der Waals surface area contributed by atoms with Crippen molar-refractivity contribution in [1.82, 2.24) is 24.9 Å². The molecule has 0 unspecified atom stereocenters. The van der Waals surface area contributed by atoms with Gasteiger partial charge in [0.15, 0.2) is 3.95 Å². The molecule has 0 saturated heterocycles. The Kier molecular flexibility index (Phi) is 4.68. The van der Waals surface area contributed by atoms with Gasteiger partial charge in [-0.3, -0.25) is 4.90 Å². The van der Waals surface area contributed by atoms with Crippen LogP contribution in [0.4, 0.5) is 0 Å². The topological polar surface area (TPSA) is 60.0 Å². The van der Waals surface area contributed by atoms with Crippen LogP contribution in [0.25, 0.3) is 11.5 Å². The molecule has 0 atom stereocenters. The molecule has 130 valence electrons. The fourth-order valence-corrected chi connectivity index (χ4v) is 3.79. The zero-order valence-corrected chi connectivity index (χ0v) is 15.9. The summed E-state index contributed by atoms with van der Waals surface area (Å²) in [5.41, 5.74) is 0.860. The van der Waals surface area contributed by atoms with Crippen LogP contribution in [0.3, 0.4) is 0 Å². The Morgan fingerprint density at radius 3 is 2.72 bits per heavy atom. The largest absolute Gasteiger partial charge is 0.419 e. The summed E-state index contributed by atoms with van der Waals surface area (Å²) in [6.07, 6.45) is 2.35. The molecule has 3 aromatic rings. The first-order valence-electron chi connectivity index (χ1n) is 7.95. The van der Waals surface area contributed by atoms with Gasteiger partial charge in [-0.15, -0.1) is 10.2 Å². The lowest BCUT2D eigenvalue weighted by Crippen LogP contribution is -2.29. The zero-order chi connectivity index (χ0) is 17.4. The van der Waals surface area contributed by atoms with Gasteiger partial charge >= 0.3 is 0 Å². The molecule has 25 heavy (non-hydrogen) atoms. The smallest absolute Gasteiger partial charge is 0.247 e. The molecule has 1 aromatic carbocycles. The summed E-state index contributed by atoms with van der Waals surface area (Å²) in [5.74, 6) is 1.10. The zero-order valence-electron chi connectivity index (χ0n) is 13.6. The predicted molar refractivity (Wildman–Crippen MR) is 99.0 cm³/mol. The summed E-state index contributed by atoms with van der Waals surface area (Å²) >= 11 is 12.8. The highest BCUT2D eigenvalue weighted by molar-refractivity contribution is 7.73. The average molecular weight is 394 g/mol. The maximum absolute atomic E-state index is 5.92. The van der Waals surface area contributed by atoms with Gasteiger partial charge in [-0.25, -0.2) is 4.68 Å². The second-order valence-corrected chi connectivity index (χ2v) is 8.28. The molecule has 1 saturated carbocycles. The van der Waals surface area contributed by atoms with Crippen molar-refractivity contribution in [3.63, 3.8) is 0 Å². The summed E-state index contributed by atoms with van der Waals surface area (Å²) < 4.78 is 8.48. The fourth-order valence-electron chi connectivity index (χ4n) is 2.61. The van der Waals surface area contributed by atoms with Crippen molar-refractivity contribution in [3.8, 4) is 11.5 Å². The van der Waals surface area contributed by atoms with Crippen LogP contribution in [0, 0.1) is 10.9 Å². The van der Waals surface area contributed by atoms with Crippen LogP contribution < -0.4 is 0 Å². The first kappa shape index (κ1) is 16.8. The predicted octanol–water partition coefficient (Wildman–Crippen LogP) is 4.31. The fraction of sp³-hybridized carbons (Fsp3) is 0.375. The number of aromatic nitrogens is 4. The lowest BCUT2D eigenvalue weighted by atomic mass is 10.2. The van der Waals surface area contributed by atoms with Gasteiger partial charge in [0.25, 0.3) is 0 Å². The molecule has 4 rings (SSSR count). The Balaban J connectivity index is 1.50. The number of hydrogen-bond acceptors (Lipinski definition) is 7. The van der Waals surface area contributed by atoms with Gasteiger partial charge in [0.2, 0.25) is 11.8 Å². The standard InChI is InChI=1S/C16H16ClN5OS2/c1-10-20-22(16(24)25-10)9-21(13-6-7-13)8-14-18-19-15(23-14)11-2-4-12(17)5-3-11/h2-5,13H,6-9H2,1H3. The van der Waals surface area contributed by atoms with Crippen LogP contribution >= 0.6 is 35.2 Å². The maximum atomic E-state index is 5.92. The van der Waals surface area contributed by atoms with E-state index in [2.05, 4.69) is 20.2 Å². The lowest BCUT2D eigenvalue weighted by Gasteiger charge is -2.19. The van der Waals surface area contributed by atoms with Crippen LogP contribution in [0.1, 0.15) is 23.7 Å². The number of aryl methyl sites for hydroxylation is 1. The summed E-state index contributed by atoms with van der Waals surface area (Å²) in [7, 11) is 0. The van der Waals surface area contributed by atoms with E-state index in [-0.39, 0.29) is 0 Å². The Morgan fingerprint density at radius 2 is 2.08 bits per heavy atom. The number of hydrogen-bond donors (Lipinski definition) is 0. The van der Waals surface area contributed by atoms with Gasteiger partial charge in [0.05, 0.1) is 13.2 Å². The third-order valence-corrected chi connectivity index (χ3v) is 5.46. The van der Waals surface area contributed by atoms with Gasteiger partial charge in [-0.2, -0.15) is 5.10 Å². The molecule has 0 amide bonds. The Hall–Kier alpha value is -1.61. The maximum Gasteiger partial charge on any atom is 0.247 e. The van der Waals surface area contributed by atoms with E-state index in [9.17, 15) is 0 Å². The van der Waals surface area contributed by atoms with Crippen molar-refractivity contribution in [3.05, 3.63) is 44.1 Å². The van der Waals surface area contributed by atoms with Crippen molar-refractivity contribution in [2.75, 3.05) is 0 Å². The van der Waals surface area contributed by atoms with E-state index in [0.29, 0.717) is 36.1 Å². The number of nitrogens with zero attached hydrogens (tertiary/aromatic N) is 5. The normalized spacial score (nSPS) is 14.4. The molecule has 6 nitrogen and oxygen atoms in total. The van der Waals surface area contributed by atoms with E-state index < -0.39 is 0 Å². The van der Waals surface area contributed by atoms with E-state index in [1.165, 1.54) is 24.2 Å². The summed E-state index contributed by atoms with van der Waals surface area (Å²) in [4.78, 5) is 2.29. The second kappa shape index (κ2) is 6.95. The highest BCUT2D eigenvalue weighted by Gasteiger charge is 2.31. The van der Waals surface area contributed by atoms with E-state index in [1.807, 2.05) is 35.9 Å². The molecule has 1 aliphatic carbocycles. The molecular formula is C16H16ClN5OS2. The van der Waals surface area contributed by atoms with Gasteiger partial charge in [0, 0.05) is 16.6 Å². The summed E-state index contributed by atoms with van der Waals surface area (Å²) in [6, 6.07) is 7.88. The minimum atomic E-state index is 0.503. The third-order valence-electron chi connectivity index (χ3n) is 3.98. The van der Waals surface area contributed by atoms with Crippen molar-refractivity contribution < 1.29 is 4.42 Å². The molecule has 9 heteroatoms. The van der Waals surface area contributed by atoms with E-state index in [1.54, 1.807) is 0 Å². The molecular weight excluding hydrogens is 378 g/mol. The highest BCUT2D eigenvalue weighted by atomic mass is 35.5. The van der Waals surface area contributed by atoms with Crippen LogP contribution in [0.5, 0.6) is 0 Å². The van der Waals surface area contributed by atoms with Crippen LogP contribution in [0.2, 0.25) is 5.02 Å². The molecule has 1 fully saturated rings. The molecule has 0 aliphatic heterocycles. The molecule has 0 spiro atoms. The van der Waals surface area contributed by atoms with Gasteiger partial charge in [-0.05, 0) is 56.2 Å². The SMILES string of the molecule is Cc1nn(CN(Cc2nnc(-c3ccc(Cl)cc3)o2)C2CC2)c(=S)s1. The van der Waals surface area contributed by atoms with E-state index in [4.69, 9.17) is 28.2 Å². The second-order valence-electron chi connectivity index (χ2n) is 6.01. The van der Waals surface area contributed by atoms with Crippen LogP contribution in [-0.4, -0.2) is 30.9 Å². The lowest BCUT2D eigenvalue weighted by molar-refractivity contribution is 0.170. The van der Waals surface area contributed by atoms with Crippen LogP contribution in [0.15, 0.2) is 28.7 Å². The third kappa shape index (κ3) is 3.98.